The fourth-order valence-electron chi connectivity index (χ4n) is 3.25. The molecular weight excluding hydrogens is 538 g/mol. The van der Waals surface area contributed by atoms with Crippen LogP contribution in [-0.2, 0) is 44.8 Å². The first-order valence-corrected chi connectivity index (χ1v) is 13.1. The largest absolute Gasteiger partial charge is 0.480 e. The predicted octanol–water partition coefficient (Wildman–Crippen LogP) is 2.21. The van der Waals surface area contributed by atoms with E-state index in [0.717, 1.165) is 5.56 Å². The van der Waals surface area contributed by atoms with Crippen molar-refractivity contribution < 1.29 is 48.1 Å². The Kier molecular flexibility index (Phi) is 13.3. The molecule has 1 aromatic carbocycles. The Hall–Kier alpha value is -4.16. The SMILES string of the molecule is C[C@H](NC(=O)OCc1ccccc1)C(=O)N[C@@H](CCC(=O)OC(C)(C)C)C(=O)N[C@@H](CC(=O)OC(C)(C)C)C(=O)O. The van der Waals surface area contributed by atoms with Gasteiger partial charge in [0.25, 0.3) is 0 Å². The quantitative estimate of drug-likeness (QED) is 0.199. The average Bonchev–Trinajstić information content (AvgIpc) is 2.82. The van der Waals surface area contributed by atoms with Crippen molar-refractivity contribution in [2.24, 2.45) is 0 Å². The molecule has 0 heterocycles. The van der Waals surface area contributed by atoms with Crippen LogP contribution in [0.25, 0.3) is 0 Å². The van der Waals surface area contributed by atoms with Gasteiger partial charge in [-0.2, -0.15) is 0 Å². The second kappa shape index (κ2) is 15.6. The van der Waals surface area contributed by atoms with Gasteiger partial charge in [0.05, 0.1) is 6.42 Å². The average molecular weight is 580 g/mol. The minimum atomic E-state index is -1.67. The number of amides is 3. The second-order valence-electron chi connectivity index (χ2n) is 11.3. The summed E-state index contributed by atoms with van der Waals surface area (Å²) in [5.74, 6) is -4.77. The molecule has 13 heteroatoms. The van der Waals surface area contributed by atoms with Crippen LogP contribution in [0, 0.1) is 0 Å². The van der Waals surface area contributed by atoms with E-state index in [0.29, 0.717) is 0 Å². The van der Waals surface area contributed by atoms with Crippen LogP contribution in [0.2, 0.25) is 0 Å². The summed E-state index contributed by atoms with van der Waals surface area (Å²) in [5.41, 5.74) is -0.934. The van der Waals surface area contributed by atoms with E-state index in [4.69, 9.17) is 14.2 Å². The maximum Gasteiger partial charge on any atom is 0.408 e. The first-order chi connectivity index (χ1) is 18.9. The van der Waals surface area contributed by atoms with E-state index in [1.807, 2.05) is 6.07 Å². The molecule has 0 unspecified atom stereocenters. The summed E-state index contributed by atoms with van der Waals surface area (Å²) in [6, 6.07) is 4.64. The minimum absolute atomic E-state index is 0.0316. The van der Waals surface area contributed by atoms with Gasteiger partial charge in [0.1, 0.15) is 35.9 Å². The Bertz CT molecular complexity index is 1080. The van der Waals surface area contributed by atoms with Gasteiger partial charge in [-0.3, -0.25) is 19.2 Å². The molecule has 13 nitrogen and oxygen atoms in total. The van der Waals surface area contributed by atoms with Crippen LogP contribution in [0.4, 0.5) is 4.79 Å². The Morgan fingerprint density at radius 3 is 1.85 bits per heavy atom. The zero-order valence-electron chi connectivity index (χ0n) is 24.6. The smallest absolute Gasteiger partial charge is 0.408 e. The van der Waals surface area contributed by atoms with Crippen molar-refractivity contribution >= 4 is 35.8 Å². The molecule has 228 valence electrons. The molecule has 0 aromatic heterocycles. The molecule has 0 aliphatic rings. The summed E-state index contributed by atoms with van der Waals surface area (Å²) >= 11 is 0. The van der Waals surface area contributed by atoms with Gasteiger partial charge in [-0.25, -0.2) is 9.59 Å². The van der Waals surface area contributed by atoms with E-state index in [2.05, 4.69) is 16.0 Å². The van der Waals surface area contributed by atoms with Crippen molar-refractivity contribution in [3.63, 3.8) is 0 Å². The Labute approximate surface area is 239 Å². The van der Waals surface area contributed by atoms with E-state index in [1.165, 1.54) is 6.92 Å². The Morgan fingerprint density at radius 1 is 0.780 bits per heavy atom. The summed E-state index contributed by atoms with van der Waals surface area (Å²) in [6.45, 7) is 11.1. The van der Waals surface area contributed by atoms with Gasteiger partial charge in [-0.05, 0) is 60.5 Å². The monoisotopic (exact) mass is 579 g/mol. The normalized spacial score (nSPS) is 13.5. The molecule has 3 atom stereocenters. The van der Waals surface area contributed by atoms with Crippen LogP contribution in [-0.4, -0.2) is 70.2 Å². The van der Waals surface area contributed by atoms with Crippen LogP contribution in [0.1, 0.15) is 73.3 Å². The lowest BCUT2D eigenvalue weighted by Crippen LogP contribution is -2.55. The second-order valence-corrected chi connectivity index (χ2v) is 11.3. The van der Waals surface area contributed by atoms with Crippen molar-refractivity contribution in [3.8, 4) is 0 Å². The fourth-order valence-corrected chi connectivity index (χ4v) is 3.25. The molecule has 1 rings (SSSR count). The van der Waals surface area contributed by atoms with Crippen LogP contribution >= 0.6 is 0 Å². The molecule has 4 N–H and O–H groups in total. The standard InChI is InChI=1S/C28H41N3O10/c1-17(29-26(38)39-16-18-11-9-8-10-12-18)23(34)30-19(13-14-21(32)40-27(2,3)4)24(35)31-20(25(36)37)15-22(33)41-28(5,6)7/h8-12,17,19-20H,13-16H2,1-7H3,(H,29,38)(H,30,34)(H,31,35)(H,36,37)/t17-,19-,20-/m0/s1. The van der Waals surface area contributed by atoms with Gasteiger partial charge in [-0.1, -0.05) is 30.3 Å². The lowest BCUT2D eigenvalue weighted by molar-refractivity contribution is -0.158. The van der Waals surface area contributed by atoms with Gasteiger partial charge in [0.15, 0.2) is 0 Å². The molecule has 0 bridgehead atoms. The number of carbonyl (C=O) groups is 6. The van der Waals surface area contributed by atoms with Crippen LogP contribution in [0.5, 0.6) is 0 Å². The third-order valence-electron chi connectivity index (χ3n) is 5.04. The van der Waals surface area contributed by atoms with Crippen LogP contribution in [0.3, 0.4) is 0 Å². The molecule has 41 heavy (non-hydrogen) atoms. The van der Waals surface area contributed by atoms with Gasteiger partial charge < -0.3 is 35.3 Å². The number of nitrogens with one attached hydrogen (secondary N) is 3. The summed E-state index contributed by atoms with van der Waals surface area (Å²) in [6.07, 6.45) is -2.10. The van der Waals surface area contributed by atoms with Crippen LogP contribution < -0.4 is 16.0 Å². The summed E-state index contributed by atoms with van der Waals surface area (Å²) in [4.78, 5) is 74.2. The van der Waals surface area contributed by atoms with E-state index < -0.39 is 71.6 Å². The third kappa shape index (κ3) is 15.3. The molecule has 0 aliphatic carbocycles. The number of carboxylic acid groups (broad SMARTS) is 1. The van der Waals surface area contributed by atoms with Crippen molar-refractivity contribution in [2.75, 3.05) is 0 Å². The van der Waals surface area contributed by atoms with E-state index in [9.17, 15) is 33.9 Å². The topological polar surface area (TPSA) is 186 Å². The highest BCUT2D eigenvalue weighted by atomic mass is 16.6. The van der Waals surface area contributed by atoms with E-state index >= 15 is 0 Å². The number of benzene rings is 1. The van der Waals surface area contributed by atoms with Crippen molar-refractivity contribution in [2.45, 2.75) is 104 Å². The number of esters is 2. The zero-order chi connectivity index (χ0) is 31.4. The minimum Gasteiger partial charge on any atom is -0.480 e. The maximum atomic E-state index is 13.1. The predicted molar refractivity (Wildman–Crippen MR) is 146 cm³/mol. The van der Waals surface area contributed by atoms with Gasteiger partial charge in [0, 0.05) is 6.42 Å². The highest BCUT2D eigenvalue weighted by Crippen LogP contribution is 2.12. The van der Waals surface area contributed by atoms with Gasteiger partial charge in [0.2, 0.25) is 11.8 Å². The highest BCUT2D eigenvalue weighted by molar-refractivity contribution is 5.93. The number of ether oxygens (including phenoxy) is 3. The summed E-state index contributed by atoms with van der Waals surface area (Å²) in [7, 11) is 0. The third-order valence-corrected chi connectivity index (χ3v) is 5.04. The molecule has 0 spiro atoms. The summed E-state index contributed by atoms with van der Waals surface area (Å²) in [5, 5.41) is 16.5. The molecule has 0 radical (unpaired) electrons. The number of alkyl carbamates (subject to hydrolysis) is 1. The van der Waals surface area contributed by atoms with Gasteiger partial charge >= 0.3 is 24.0 Å². The van der Waals surface area contributed by atoms with Crippen molar-refractivity contribution in [3.05, 3.63) is 35.9 Å². The molecule has 1 aromatic rings. The number of rotatable bonds is 13. The molecule has 0 aliphatic heterocycles. The zero-order valence-corrected chi connectivity index (χ0v) is 24.6. The van der Waals surface area contributed by atoms with E-state index in [1.54, 1.807) is 65.8 Å². The molecule has 0 saturated heterocycles. The molecule has 3 amide bonds. The van der Waals surface area contributed by atoms with Gasteiger partial charge in [-0.15, -0.1) is 0 Å². The molecule has 0 fully saturated rings. The summed E-state index contributed by atoms with van der Waals surface area (Å²) < 4.78 is 15.5. The number of carboxylic acids is 1. The number of hydrogen-bond donors (Lipinski definition) is 4. The van der Waals surface area contributed by atoms with Crippen molar-refractivity contribution in [1.82, 2.24) is 16.0 Å². The first kappa shape index (κ1) is 34.9. The number of carbonyl (C=O) groups excluding carboxylic acids is 5. The first-order valence-electron chi connectivity index (χ1n) is 13.1. The number of hydrogen-bond acceptors (Lipinski definition) is 9. The fraction of sp³-hybridized carbons (Fsp3) is 0.571. The van der Waals surface area contributed by atoms with Crippen molar-refractivity contribution in [1.29, 1.82) is 0 Å². The molecular formula is C28H41N3O10. The number of aliphatic carboxylic acids is 1. The highest BCUT2D eigenvalue weighted by Gasteiger charge is 2.31. The lowest BCUT2D eigenvalue weighted by atomic mass is 10.1. The Morgan fingerprint density at radius 2 is 1.32 bits per heavy atom. The lowest BCUT2D eigenvalue weighted by Gasteiger charge is -2.25. The maximum absolute atomic E-state index is 13.1. The molecule has 0 saturated carbocycles. The van der Waals surface area contributed by atoms with E-state index in [-0.39, 0.29) is 19.4 Å². The Balaban J connectivity index is 2.91. The van der Waals surface area contributed by atoms with Crippen LogP contribution in [0.15, 0.2) is 30.3 Å².